The lowest BCUT2D eigenvalue weighted by Gasteiger charge is -2.09. The smallest absolute Gasteiger partial charge is 0.258 e. The van der Waals surface area contributed by atoms with E-state index in [0.717, 1.165) is 23.9 Å². The van der Waals surface area contributed by atoms with Gasteiger partial charge in [-0.15, -0.1) is 0 Å². The first-order valence-corrected chi connectivity index (χ1v) is 7.30. The molecular formula is C15H11F2N3O2S. The van der Waals surface area contributed by atoms with Crippen LogP contribution >= 0.6 is 11.3 Å². The molecule has 3 rings (SSSR count). The topological polar surface area (TPSA) is 77.2 Å². The second-order valence-corrected chi connectivity index (χ2v) is 5.69. The molecule has 0 aliphatic carbocycles. The predicted molar refractivity (Wildman–Crippen MR) is 84.9 cm³/mol. The number of halogens is 2. The number of hydrogen-bond donors (Lipinski definition) is 2. The molecule has 0 spiro atoms. The van der Waals surface area contributed by atoms with Gasteiger partial charge < -0.3 is 15.8 Å². The lowest BCUT2D eigenvalue weighted by Crippen LogP contribution is -2.14. The number of benzene rings is 2. The Morgan fingerprint density at radius 2 is 2.09 bits per heavy atom. The average Bonchev–Trinajstić information content (AvgIpc) is 2.87. The molecule has 0 fully saturated rings. The van der Waals surface area contributed by atoms with Gasteiger partial charge in [0.25, 0.3) is 5.91 Å². The van der Waals surface area contributed by atoms with E-state index in [1.165, 1.54) is 11.3 Å². The number of anilines is 2. The minimum atomic E-state index is -1.05. The molecule has 8 heteroatoms. The summed E-state index contributed by atoms with van der Waals surface area (Å²) in [7, 11) is 1.13. The number of nitrogens with one attached hydrogen (secondary N) is 1. The maximum absolute atomic E-state index is 14.1. The normalized spacial score (nSPS) is 10.7. The van der Waals surface area contributed by atoms with E-state index in [0.29, 0.717) is 16.3 Å². The van der Waals surface area contributed by atoms with Crippen LogP contribution in [0, 0.1) is 11.6 Å². The maximum atomic E-state index is 14.1. The predicted octanol–water partition coefficient (Wildman–Crippen LogP) is 3.42. The van der Waals surface area contributed by atoms with Crippen LogP contribution in [0.15, 0.2) is 30.3 Å². The van der Waals surface area contributed by atoms with E-state index in [-0.39, 0.29) is 5.56 Å². The molecule has 3 N–H and O–H groups in total. The largest absolute Gasteiger partial charge is 0.491 e. The molecule has 0 saturated carbocycles. The van der Waals surface area contributed by atoms with Gasteiger partial charge in [-0.05, 0) is 30.3 Å². The Morgan fingerprint density at radius 3 is 2.83 bits per heavy atom. The molecule has 3 aromatic rings. The Balaban J connectivity index is 1.91. The van der Waals surface area contributed by atoms with Crippen LogP contribution in [0.5, 0.6) is 5.75 Å². The van der Waals surface area contributed by atoms with Crippen LogP contribution in [-0.4, -0.2) is 18.0 Å². The number of ether oxygens (including phenoxy) is 1. The van der Waals surface area contributed by atoms with E-state index in [4.69, 9.17) is 5.73 Å². The molecule has 1 heterocycles. The number of carbonyl (C=O) groups excluding carboxylic acids is 1. The van der Waals surface area contributed by atoms with Gasteiger partial charge in [-0.25, -0.2) is 13.8 Å². The van der Waals surface area contributed by atoms with Crippen molar-refractivity contribution in [2.75, 3.05) is 18.2 Å². The summed E-state index contributed by atoms with van der Waals surface area (Å²) in [6, 6.07) is 7.03. The summed E-state index contributed by atoms with van der Waals surface area (Å²) in [6.07, 6.45) is 0. The number of hydrogen-bond acceptors (Lipinski definition) is 5. The van der Waals surface area contributed by atoms with Gasteiger partial charge in [0, 0.05) is 5.69 Å². The van der Waals surface area contributed by atoms with Crippen LogP contribution in [0.3, 0.4) is 0 Å². The fraction of sp³-hybridized carbons (Fsp3) is 0.0667. The van der Waals surface area contributed by atoms with Crippen molar-refractivity contribution in [3.8, 4) is 5.75 Å². The van der Waals surface area contributed by atoms with Gasteiger partial charge in [0.15, 0.2) is 22.5 Å². The molecule has 0 bridgehead atoms. The van der Waals surface area contributed by atoms with Crippen molar-refractivity contribution in [1.29, 1.82) is 0 Å². The monoisotopic (exact) mass is 335 g/mol. The van der Waals surface area contributed by atoms with Crippen LogP contribution in [-0.2, 0) is 0 Å². The highest BCUT2D eigenvalue weighted by Gasteiger charge is 2.19. The van der Waals surface area contributed by atoms with Crippen molar-refractivity contribution in [2.45, 2.75) is 0 Å². The molecule has 0 radical (unpaired) electrons. The van der Waals surface area contributed by atoms with Crippen molar-refractivity contribution < 1.29 is 18.3 Å². The molecule has 1 aromatic heterocycles. The molecule has 23 heavy (non-hydrogen) atoms. The second kappa shape index (κ2) is 5.81. The van der Waals surface area contributed by atoms with Crippen molar-refractivity contribution >= 4 is 38.3 Å². The van der Waals surface area contributed by atoms with E-state index >= 15 is 0 Å². The number of carbonyl (C=O) groups is 1. The minimum Gasteiger partial charge on any atom is -0.491 e. The number of rotatable bonds is 3. The Morgan fingerprint density at radius 1 is 1.30 bits per heavy atom. The fourth-order valence-corrected chi connectivity index (χ4v) is 2.89. The summed E-state index contributed by atoms with van der Waals surface area (Å²) in [4.78, 5) is 16.3. The number of thiazole rings is 1. The second-order valence-electron chi connectivity index (χ2n) is 4.63. The summed E-state index contributed by atoms with van der Waals surface area (Å²) in [6.45, 7) is 0. The highest BCUT2D eigenvalue weighted by molar-refractivity contribution is 7.22. The Labute approximate surface area is 133 Å². The number of nitrogens with two attached hydrogens (primary N) is 1. The Kier molecular flexibility index (Phi) is 3.83. The van der Waals surface area contributed by atoms with Gasteiger partial charge in [0.2, 0.25) is 0 Å². The minimum absolute atomic E-state index is 0.313. The van der Waals surface area contributed by atoms with Crippen molar-refractivity contribution in [1.82, 2.24) is 4.98 Å². The number of fused-ring (bicyclic) bond motifs is 1. The first kappa shape index (κ1) is 15.2. The zero-order chi connectivity index (χ0) is 16.6. The molecule has 2 aromatic carbocycles. The van der Waals surface area contributed by atoms with Gasteiger partial charge in [-0.2, -0.15) is 0 Å². The fourth-order valence-electron chi connectivity index (χ4n) is 2.11. The summed E-state index contributed by atoms with van der Waals surface area (Å²) in [5.74, 6) is -3.22. The van der Waals surface area contributed by atoms with E-state index in [2.05, 4.69) is 15.0 Å². The summed E-state index contributed by atoms with van der Waals surface area (Å²) >= 11 is 1.27. The lowest BCUT2D eigenvalue weighted by atomic mass is 10.1. The number of nitrogens with zero attached hydrogens (tertiary/aromatic N) is 1. The molecular weight excluding hydrogens is 324 g/mol. The zero-order valence-electron chi connectivity index (χ0n) is 11.9. The van der Waals surface area contributed by atoms with Crippen LogP contribution in [0.1, 0.15) is 10.4 Å². The molecule has 5 nitrogen and oxygen atoms in total. The third-order valence-corrected chi connectivity index (χ3v) is 4.01. The summed E-state index contributed by atoms with van der Waals surface area (Å²) in [5.41, 5.74) is 6.47. The summed E-state index contributed by atoms with van der Waals surface area (Å²) < 4.78 is 32.9. The number of amides is 1. The van der Waals surface area contributed by atoms with Crippen molar-refractivity contribution in [3.05, 3.63) is 47.5 Å². The molecule has 0 unspecified atom stereocenters. The number of methoxy groups -OCH3 is 1. The Hall–Kier alpha value is -2.74. The first-order chi connectivity index (χ1) is 11.0. The zero-order valence-corrected chi connectivity index (χ0v) is 12.7. The highest BCUT2D eigenvalue weighted by Crippen LogP contribution is 2.28. The lowest BCUT2D eigenvalue weighted by molar-refractivity contribution is 0.102. The van der Waals surface area contributed by atoms with Crippen LogP contribution < -0.4 is 15.8 Å². The number of nitrogen functional groups attached to an aromatic ring is 1. The molecule has 0 atom stereocenters. The number of aromatic nitrogens is 1. The molecule has 0 aliphatic rings. The Bertz CT molecular complexity index is 911. The third kappa shape index (κ3) is 2.80. The van der Waals surface area contributed by atoms with Gasteiger partial charge >= 0.3 is 0 Å². The third-order valence-electron chi connectivity index (χ3n) is 3.16. The van der Waals surface area contributed by atoms with E-state index < -0.39 is 23.3 Å². The molecule has 0 aliphatic heterocycles. The highest BCUT2D eigenvalue weighted by atomic mass is 32.1. The SMILES string of the molecule is COc1c(F)ccc(C(=O)Nc2ccc3nc(N)sc3c2)c1F. The van der Waals surface area contributed by atoms with Gasteiger partial charge in [-0.1, -0.05) is 11.3 Å². The van der Waals surface area contributed by atoms with Gasteiger partial charge in [-0.3, -0.25) is 4.79 Å². The van der Waals surface area contributed by atoms with E-state index in [9.17, 15) is 13.6 Å². The van der Waals surface area contributed by atoms with Crippen LogP contribution in [0.2, 0.25) is 0 Å². The van der Waals surface area contributed by atoms with Gasteiger partial charge in [0.1, 0.15) is 0 Å². The van der Waals surface area contributed by atoms with Crippen molar-refractivity contribution in [3.63, 3.8) is 0 Å². The molecule has 0 saturated heterocycles. The maximum Gasteiger partial charge on any atom is 0.258 e. The van der Waals surface area contributed by atoms with E-state index in [1.54, 1.807) is 18.2 Å². The molecule has 118 valence electrons. The summed E-state index contributed by atoms with van der Waals surface area (Å²) in [5, 5.41) is 2.97. The van der Waals surface area contributed by atoms with Crippen LogP contribution in [0.25, 0.3) is 10.2 Å². The first-order valence-electron chi connectivity index (χ1n) is 6.49. The van der Waals surface area contributed by atoms with Gasteiger partial charge in [0.05, 0.1) is 22.9 Å². The van der Waals surface area contributed by atoms with Crippen LogP contribution in [0.4, 0.5) is 19.6 Å². The average molecular weight is 335 g/mol. The van der Waals surface area contributed by atoms with Crippen molar-refractivity contribution in [2.24, 2.45) is 0 Å². The van der Waals surface area contributed by atoms with E-state index in [1.807, 2.05) is 0 Å². The quantitative estimate of drug-likeness (QED) is 0.769. The standard InChI is InChI=1S/C15H11F2N3O2S/c1-22-13-9(16)4-3-8(12(13)17)14(21)19-7-2-5-10-11(6-7)23-15(18)20-10/h2-6H,1H3,(H2,18,20)(H,19,21). The molecule has 1 amide bonds.